The fraction of sp³-hybridized carbons (Fsp3) is 0.389. The lowest BCUT2D eigenvalue weighted by Gasteiger charge is -2.36. The van der Waals surface area contributed by atoms with Crippen LogP contribution in [-0.2, 0) is 4.79 Å². The molecule has 1 aliphatic heterocycles. The van der Waals surface area contributed by atoms with E-state index in [4.69, 9.17) is 0 Å². The van der Waals surface area contributed by atoms with E-state index in [0.29, 0.717) is 0 Å². The molecule has 1 aromatic heterocycles. The molecule has 1 N–H and O–H groups in total. The van der Waals surface area contributed by atoms with Gasteiger partial charge in [-0.15, -0.1) is 0 Å². The van der Waals surface area contributed by atoms with E-state index in [1.54, 1.807) is 17.3 Å². The van der Waals surface area contributed by atoms with E-state index in [1.807, 2.05) is 50.5 Å². The zero-order chi connectivity index (χ0) is 16.9. The van der Waals surface area contributed by atoms with Gasteiger partial charge in [0.25, 0.3) is 5.91 Å². The number of hydrogen-bond acceptors (Lipinski definition) is 4. The maximum absolute atomic E-state index is 12.8. The molecule has 2 aromatic rings. The molecule has 24 heavy (non-hydrogen) atoms. The van der Waals surface area contributed by atoms with Crippen LogP contribution in [0.25, 0.3) is 0 Å². The van der Waals surface area contributed by atoms with Gasteiger partial charge in [0, 0.05) is 32.1 Å². The number of hydrogen-bond donors (Lipinski definition) is 1. The zero-order valence-corrected chi connectivity index (χ0v) is 14.2. The van der Waals surface area contributed by atoms with Crippen molar-refractivity contribution in [3.63, 3.8) is 0 Å². The van der Waals surface area contributed by atoms with Crippen molar-refractivity contribution in [2.45, 2.75) is 6.04 Å². The van der Waals surface area contributed by atoms with Crippen molar-refractivity contribution in [1.29, 1.82) is 0 Å². The molecule has 1 aromatic carbocycles. The predicted octanol–water partition coefficient (Wildman–Crippen LogP) is 0.0110. The summed E-state index contributed by atoms with van der Waals surface area (Å²) in [5.41, 5.74) is 1.08. The van der Waals surface area contributed by atoms with Gasteiger partial charge in [-0.1, -0.05) is 30.3 Å². The Morgan fingerprint density at radius 3 is 2.29 bits per heavy atom. The third-order valence-corrected chi connectivity index (χ3v) is 4.47. The van der Waals surface area contributed by atoms with Crippen molar-refractivity contribution < 1.29 is 9.69 Å². The van der Waals surface area contributed by atoms with Crippen molar-refractivity contribution >= 4 is 11.9 Å². The summed E-state index contributed by atoms with van der Waals surface area (Å²) in [6.07, 6.45) is 3.54. The number of nitrogens with one attached hydrogen (secondary N) is 1. The van der Waals surface area contributed by atoms with E-state index in [9.17, 15) is 4.79 Å². The largest absolute Gasteiger partial charge is 0.343 e. The average molecular weight is 326 g/mol. The second-order valence-corrected chi connectivity index (χ2v) is 6.27. The number of carbonyl (C=O) groups is 1. The molecular formula is C18H24N5O+. The standard InChI is InChI=1S/C18H23N5O/c1-21(2)17(24)16(15-7-4-3-5-8-15)22-11-13-23(14-12-22)18-19-9-6-10-20-18/h3-10,16H,11-14H2,1-2H3/p+1/t16-/m0/s1. The molecule has 0 radical (unpaired) electrons. The second-order valence-electron chi connectivity index (χ2n) is 6.27. The van der Waals surface area contributed by atoms with Crippen molar-refractivity contribution in [1.82, 2.24) is 14.9 Å². The van der Waals surface area contributed by atoms with Gasteiger partial charge in [0.2, 0.25) is 5.95 Å². The molecule has 1 atom stereocenters. The van der Waals surface area contributed by atoms with Gasteiger partial charge < -0.3 is 14.7 Å². The molecule has 2 heterocycles. The predicted molar refractivity (Wildman–Crippen MR) is 92.8 cm³/mol. The summed E-state index contributed by atoms with van der Waals surface area (Å²) in [4.78, 5) is 26.6. The Balaban J connectivity index is 1.75. The van der Waals surface area contributed by atoms with Crippen LogP contribution in [0.3, 0.4) is 0 Å². The SMILES string of the molecule is CN(C)C(=O)[C@H](c1ccccc1)[NH+]1CCN(c2ncccn2)CC1. The van der Waals surface area contributed by atoms with Crippen molar-refractivity contribution in [3.05, 3.63) is 54.4 Å². The number of carbonyl (C=O) groups excluding carboxylic acids is 1. The fourth-order valence-corrected chi connectivity index (χ4v) is 3.19. The highest BCUT2D eigenvalue weighted by molar-refractivity contribution is 5.81. The summed E-state index contributed by atoms with van der Waals surface area (Å²) in [6.45, 7) is 3.47. The highest BCUT2D eigenvalue weighted by Crippen LogP contribution is 2.13. The molecule has 0 unspecified atom stereocenters. The Labute approximate surface area is 142 Å². The van der Waals surface area contributed by atoms with Gasteiger partial charge in [0.1, 0.15) is 0 Å². The summed E-state index contributed by atoms with van der Waals surface area (Å²) in [5.74, 6) is 0.923. The maximum atomic E-state index is 12.8. The number of benzene rings is 1. The molecule has 0 saturated carbocycles. The highest BCUT2D eigenvalue weighted by atomic mass is 16.2. The van der Waals surface area contributed by atoms with Crippen molar-refractivity contribution in [2.24, 2.45) is 0 Å². The van der Waals surface area contributed by atoms with E-state index < -0.39 is 0 Å². The fourth-order valence-electron chi connectivity index (χ4n) is 3.19. The van der Waals surface area contributed by atoms with E-state index in [0.717, 1.165) is 37.7 Å². The van der Waals surface area contributed by atoms with E-state index in [-0.39, 0.29) is 11.9 Å². The highest BCUT2D eigenvalue weighted by Gasteiger charge is 2.35. The Morgan fingerprint density at radius 1 is 1.08 bits per heavy atom. The summed E-state index contributed by atoms with van der Waals surface area (Å²) < 4.78 is 0. The van der Waals surface area contributed by atoms with E-state index in [2.05, 4.69) is 14.9 Å². The Kier molecular flexibility index (Phi) is 5.05. The average Bonchev–Trinajstić information content (AvgIpc) is 2.64. The van der Waals surface area contributed by atoms with Crippen molar-refractivity contribution in [2.75, 3.05) is 45.2 Å². The third kappa shape index (κ3) is 3.54. The number of piperazine rings is 1. The number of likely N-dealkylation sites (N-methyl/N-ethyl adjacent to an activating group) is 1. The first kappa shape index (κ1) is 16.4. The monoisotopic (exact) mass is 326 g/mol. The molecule has 6 nitrogen and oxygen atoms in total. The minimum absolute atomic E-state index is 0.153. The molecule has 0 bridgehead atoms. The van der Waals surface area contributed by atoms with Crippen LogP contribution in [0.4, 0.5) is 5.95 Å². The summed E-state index contributed by atoms with van der Waals surface area (Å²) in [7, 11) is 3.65. The quantitative estimate of drug-likeness (QED) is 0.860. The number of rotatable bonds is 4. The van der Waals surface area contributed by atoms with Crippen LogP contribution in [0.5, 0.6) is 0 Å². The van der Waals surface area contributed by atoms with Gasteiger partial charge in [-0.2, -0.15) is 0 Å². The molecule has 0 aliphatic carbocycles. The third-order valence-electron chi connectivity index (χ3n) is 4.47. The normalized spacial score (nSPS) is 16.7. The smallest absolute Gasteiger partial charge is 0.285 e. The van der Waals surface area contributed by atoms with Crippen LogP contribution in [0, 0.1) is 0 Å². The molecule has 126 valence electrons. The van der Waals surface area contributed by atoms with Gasteiger partial charge >= 0.3 is 0 Å². The van der Waals surface area contributed by atoms with Crippen LogP contribution in [-0.4, -0.2) is 61.0 Å². The molecule has 1 aliphatic rings. The van der Waals surface area contributed by atoms with Gasteiger partial charge in [0.15, 0.2) is 6.04 Å². The van der Waals surface area contributed by atoms with E-state index in [1.165, 1.54) is 4.90 Å². The zero-order valence-electron chi connectivity index (χ0n) is 14.2. The molecule has 3 rings (SSSR count). The first-order valence-electron chi connectivity index (χ1n) is 8.29. The van der Waals surface area contributed by atoms with Gasteiger partial charge in [-0.3, -0.25) is 4.79 Å². The number of quaternary nitrogens is 1. The molecule has 0 spiro atoms. The first-order chi connectivity index (χ1) is 11.7. The lowest BCUT2D eigenvalue weighted by atomic mass is 10.0. The molecule has 1 fully saturated rings. The summed E-state index contributed by atoms with van der Waals surface area (Å²) in [5, 5.41) is 0. The molecule has 1 saturated heterocycles. The molecule has 1 amide bonds. The van der Waals surface area contributed by atoms with Gasteiger partial charge in [-0.25, -0.2) is 9.97 Å². The molecule has 6 heteroatoms. The van der Waals surface area contributed by atoms with E-state index >= 15 is 0 Å². The van der Waals surface area contributed by atoms with Crippen molar-refractivity contribution in [3.8, 4) is 0 Å². The van der Waals surface area contributed by atoms with Crippen LogP contribution >= 0.6 is 0 Å². The Morgan fingerprint density at radius 2 is 1.71 bits per heavy atom. The van der Waals surface area contributed by atoms with Crippen LogP contribution in [0.15, 0.2) is 48.8 Å². The lowest BCUT2D eigenvalue weighted by molar-refractivity contribution is -0.922. The maximum Gasteiger partial charge on any atom is 0.285 e. The van der Waals surface area contributed by atoms with Crippen LogP contribution < -0.4 is 9.80 Å². The number of aromatic nitrogens is 2. The molecular weight excluding hydrogens is 302 g/mol. The topological polar surface area (TPSA) is 53.8 Å². The Bertz CT molecular complexity index is 654. The minimum atomic E-state index is -0.153. The second kappa shape index (κ2) is 7.40. The van der Waals surface area contributed by atoms with Crippen LogP contribution in [0.2, 0.25) is 0 Å². The van der Waals surface area contributed by atoms with Gasteiger partial charge in [0.05, 0.1) is 26.2 Å². The summed E-state index contributed by atoms with van der Waals surface area (Å²) in [6, 6.07) is 11.8. The number of amides is 1. The van der Waals surface area contributed by atoms with Crippen LogP contribution in [0.1, 0.15) is 11.6 Å². The number of anilines is 1. The summed E-state index contributed by atoms with van der Waals surface area (Å²) >= 11 is 0. The van der Waals surface area contributed by atoms with Gasteiger partial charge in [-0.05, 0) is 6.07 Å². The lowest BCUT2D eigenvalue weighted by Crippen LogP contribution is -3.16. The minimum Gasteiger partial charge on any atom is -0.343 e. The first-order valence-corrected chi connectivity index (χ1v) is 8.29. The number of nitrogens with zero attached hydrogens (tertiary/aromatic N) is 4. The Hall–Kier alpha value is -2.47.